The van der Waals surface area contributed by atoms with E-state index in [2.05, 4.69) is 0 Å². The van der Waals surface area contributed by atoms with Gasteiger partial charge in [-0.3, -0.25) is 0 Å². The maximum Gasteiger partial charge on any atom is 0.194 e. The van der Waals surface area contributed by atoms with Gasteiger partial charge in [-0.15, -0.1) is 0 Å². The number of aliphatic carboxylic acids is 1. The minimum absolute atomic E-state index is 0.130. The van der Waals surface area contributed by atoms with Crippen molar-refractivity contribution < 1.29 is 24.1 Å². The molecule has 0 fully saturated rings. The quantitative estimate of drug-likeness (QED) is 0.704. The molecule has 0 spiro atoms. The van der Waals surface area contributed by atoms with Gasteiger partial charge in [0, 0.05) is 38.6 Å². The lowest BCUT2D eigenvalue weighted by Crippen LogP contribution is -2.34. The summed E-state index contributed by atoms with van der Waals surface area (Å²) in [6.07, 6.45) is 0.907. The standard InChI is InChI=1S/C14H18O5/c1-17-14(18-2,7-5-13(15)16)11-3-4-12-10(9-11)6-8-19-12/h3-4,9H,5-8H2,1-2H3,(H,15,16)/p-1. The second-order valence-corrected chi connectivity index (χ2v) is 4.45. The summed E-state index contributed by atoms with van der Waals surface area (Å²) in [5, 5.41) is 10.7. The molecule has 0 aliphatic carbocycles. The van der Waals surface area contributed by atoms with Crippen molar-refractivity contribution in [2.24, 2.45) is 0 Å². The smallest absolute Gasteiger partial charge is 0.194 e. The summed E-state index contributed by atoms with van der Waals surface area (Å²) in [4.78, 5) is 10.7. The van der Waals surface area contributed by atoms with Crippen molar-refractivity contribution in [3.05, 3.63) is 29.3 Å². The fourth-order valence-corrected chi connectivity index (χ4v) is 2.36. The highest BCUT2D eigenvalue weighted by atomic mass is 16.7. The molecule has 1 aromatic rings. The van der Waals surface area contributed by atoms with Crippen molar-refractivity contribution in [1.29, 1.82) is 0 Å². The Bertz CT molecular complexity index is 465. The third-order valence-corrected chi connectivity index (χ3v) is 3.45. The fourth-order valence-electron chi connectivity index (χ4n) is 2.36. The predicted octanol–water partition coefficient (Wildman–Crippen LogP) is 0.597. The van der Waals surface area contributed by atoms with Gasteiger partial charge in [0.05, 0.1) is 6.61 Å². The number of carboxylic acids is 1. The third kappa shape index (κ3) is 2.72. The molecule has 0 radical (unpaired) electrons. The number of carbonyl (C=O) groups is 1. The Balaban J connectivity index is 2.29. The van der Waals surface area contributed by atoms with Crippen LogP contribution in [0.25, 0.3) is 0 Å². The van der Waals surface area contributed by atoms with E-state index in [0.717, 1.165) is 23.3 Å². The lowest BCUT2D eigenvalue weighted by Gasteiger charge is -2.32. The maximum atomic E-state index is 10.7. The maximum absolute atomic E-state index is 10.7. The Morgan fingerprint density at radius 3 is 2.79 bits per heavy atom. The zero-order valence-corrected chi connectivity index (χ0v) is 11.1. The molecule has 19 heavy (non-hydrogen) atoms. The van der Waals surface area contributed by atoms with Crippen LogP contribution in [0.2, 0.25) is 0 Å². The number of hydrogen-bond donors (Lipinski definition) is 0. The summed E-state index contributed by atoms with van der Waals surface area (Å²) in [6.45, 7) is 0.671. The van der Waals surface area contributed by atoms with Gasteiger partial charge < -0.3 is 24.1 Å². The van der Waals surface area contributed by atoms with Gasteiger partial charge in [-0.25, -0.2) is 0 Å². The zero-order valence-electron chi connectivity index (χ0n) is 11.1. The van der Waals surface area contributed by atoms with E-state index in [1.807, 2.05) is 18.2 Å². The predicted molar refractivity (Wildman–Crippen MR) is 65.6 cm³/mol. The van der Waals surface area contributed by atoms with E-state index < -0.39 is 11.8 Å². The van der Waals surface area contributed by atoms with Crippen LogP contribution in [0.1, 0.15) is 24.0 Å². The van der Waals surface area contributed by atoms with Crippen molar-refractivity contribution in [1.82, 2.24) is 0 Å². The molecule has 0 bridgehead atoms. The summed E-state index contributed by atoms with van der Waals surface area (Å²) >= 11 is 0. The number of hydrogen-bond acceptors (Lipinski definition) is 5. The largest absolute Gasteiger partial charge is 0.550 e. The SMILES string of the molecule is COC(CCC(=O)[O-])(OC)c1ccc2c(c1)CCO2. The van der Waals surface area contributed by atoms with E-state index in [1.165, 1.54) is 14.2 Å². The van der Waals surface area contributed by atoms with E-state index in [9.17, 15) is 9.90 Å². The van der Waals surface area contributed by atoms with E-state index in [1.54, 1.807) is 0 Å². The average Bonchev–Trinajstić information content (AvgIpc) is 2.88. The minimum atomic E-state index is -1.12. The summed E-state index contributed by atoms with van der Waals surface area (Å²) in [6, 6.07) is 5.65. The van der Waals surface area contributed by atoms with Gasteiger partial charge in [-0.1, -0.05) is 0 Å². The van der Waals surface area contributed by atoms with Crippen LogP contribution in [0, 0.1) is 0 Å². The van der Waals surface area contributed by atoms with Crippen molar-refractivity contribution >= 4 is 5.97 Å². The van der Waals surface area contributed by atoms with Crippen molar-refractivity contribution in [2.45, 2.75) is 25.0 Å². The van der Waals surface area contributed by atoms with Crippen molar-refractivity contribution in [2.75, 3.05) is 20.8 Å². The first-order chi connectivity index (χ1) is 9.11. The van der Waals surface area contributed by atoms with Crippen LogP contribution in [-0.2, 0) is 26.5 Å². The molecule has 104 valence electrons. The molecule has 5 heteroatoms. The summed E-state index contributed by atoms with van der Waals surface area (Å²) in [7, 11) is 3.00. The number of benzene rings is 1. The van der Waals surface area contributed by atoms with Gasteiger partial charge in [0.25, 0.3) is 0 Å². The second-order valence-electron chi connectivity index (χ2n) is 4.45. The highest BCUT2D eigenvalue weighted by Crippen LogP contribution is 2.35. The van der Waals surface area contributed by atoms with Gasteiger partial charge in [-0.2, -0.15) is 0 Å². The topological polar surface area (TPSA) is 67.8 Å². The normalized spacial score (nSPS) is 14.0. The van der Waals surface area contributed by atoms with Crippen LogP contribution < -0.4 is 9.84 Å². The highest BCUT2D eigenvalue weighted by Gasteiger charge is 2.32. The van der Waals surface area contributed by atoms with E-state index in [-0.39, 0.29) is 12.8 Å². The minimum Gasteiger partial charge on any atom is -0.550 e. The summed E-state index contributed by atoms with van der Waals surface area (Å²) < 4.78 is 16.3. The molecule has 0 saturated heterocycles. The molecular formula is C14H17O5-. The number of carboxylic acid groups (broad SMARTS) is 1. The number of rotatable bonds is 6. The molecular weight excluding hydrogens is 248 g/mol. The Morgan fingerprint density at radius 1 is 1.42 bits per heavy atom. The molecule has 0 N–H and O–H groups in total. The molecule has 0 saturated carbocycles. The van der Waals surface area contributed by atoms with Gasteiger partial charge in [0.15, 0.2) is 5.79 Å². The lowest BCUT2D eigenvalue weighted by atomic mass is 9.97. The Labute approximate surface area is 112 Å². The molecule has 1 aliphatic rings. The lowest BCUT2D eigenvalue weighted by molar-refractivity contribution is -0.309. The van der Waals surface area contributed by atoms with Crippen LogP contribution in [0.4, 0.5) is 0 Å². The summed E-state index contributed by atoms with van der Waals surface area (Å²) in [5.74, 6) is -1.31. The average molecular weight is 265 g/mol. The van der Waals surface area contributed by atoms with E-state index in [4.69, 9.17) is 14.2 Å². The molecule has 0 unspecified atom stereocenters. The molecule has 1 aromatic carbocycles. The molecule has 1 heterocycles. The van der Waals surface area contributed by atoms with Crippen molar-refractivity contribution in [3.63, 3.8) is 0 Å². The zero-order chi connectivity index (χ0) is 13.9. The van der Waals surface area contributed by atoms with Gasteiger partial charge >= 0.3 is 0 Å². The Hall–Kier alpha value is -1.59. The van der Waals surface area contributed by atoms with Crippen LogP contribution in [0.5, 0.6) is 5.75 Å². The van der Waals surface area contributed by atoms with Crippen molar-refractivity contribution in [3.8, 4) is 5.75 Å². The van der Waals surface area contributed by atoms with E-state index in [0.29, 0.717) is 6.61 Å². The second kappa shape index (κ2) is 5.59. The summed E-state index contributed by atoms with van der Waals surface area (Å²) in [5.41, 5.74) is 1.88. The molecule has 1 aliphatic heterocycles. The van der Waals surface area contributed by atoms with Gasteiger partial charge in [-0.05, 0) is 30.2 Å². The first kappa shape index (κ1) is 13.8. The molecule has 0 aromatic heterocycles. The Morgan fingerprint density at radius 2 is 2.16 bits per heavy atom. The van der Waals surface area contributed by atoms with Crippen LogP contribution in [-0.4, -0.2) is 26.8 Å². The van der Waals surface area contributed by atoms with Crippen LogP contribution in [0.15, 0.2) is 18.2 Å². The number of ether oxygens (including phenoxy) is 3. The van der Waals surface area contributed by atoms with E-state index >= 15 is 0 Å². The molecule has 0 atom stereocenters. The Kier molecular flexibility index (Phi) is 4.07. The molecule has 2 rings (SSSR count). The van der Waals surface area contributed by atoms with Crippen LogP contribution >= 0.6 is 0 Å². The molecule has 5 nitrogen and oxygen atoms in total. The highest BCUT2D eigenvalue weighted by molar-refractivity contribution is 5.64. The number of fused-ring (bicyclic) bond motifs is 1. The third-order valence-electron chi connectivity index (χ3n) is 3.45. The van der Waals surface area contributed by atoms with Gasteiger partial charge in [0.2, 0.25) is 0 Å². The molecule has 0 amide bonds. The van der Waals surface area contributed by atoms with Gasteiger partial charge in [0.1, 0.15) is 5.75 Å². The fraction of sp³-hybridized carbons (Fsp3) is 0.500. The first-order valence-corrected chi connectivity index (χ1v) is 6.17. The monoisotopic (exact) mass is 265 g/mol. The number of carbonyl (C=O) groups excluding carboxylic acids is 1. The first-order valence-electron chi connectivity index (χ1n) is 6.17. The van der Waals surface area contributed by atoms with Crippen LogP contribution in [0.3, 0.4) is 0 Å². The number of methoxy groups -OCH3 is 2.